The zero-order valence-electron chi connectivity index (χ0n) is 15.6. The van der Waals surface area contributed by atoms with Crippen molar-refractivity contribution in [3.05, 3.63) is 90.5 Å². The molecule has 0 aliphatic heterocycles. The standard InChI is InChI=1S/C23H23N3O/c1-17(19-5-8-22(9-6-19)26-12-11-24-16-26)25-15-18-3-4-21-14-23(27-2)10-7-20(21)13-18/h3-14,16-17,25H,15H2,1-2H3/t17-/m0/s1. The molecule has 27 heavy (non-hydrogen) atoms. The molecule has 0 aliphatic rings. The smallest absolute Gasteiger partial charge is 0.119 e. The Morgan fingerprint density at radius 2 is 1.78 bits per heavy atom. The third-order valence-corrected chi connectivity index (χ3v) is 4.92. The van der Waals surface area contributed by atoms with Crippen molar-refractivity contribution in [2.24, 2.45) is 0 Å². The van der Waals surface area contributed by atoms with Gasteiger partial charge in [0, 0.05) is 30.7 Å². The summed E-state index contributed by atoms with van der Waals surface area (Å²) in [6.07, 6.45) is 5.55. The molecule has 4 rings (SSSR count). The second kappa shape index (κ2) is 7.64. The third kappa shape index (κ3) is 3.86. The van der Waals surface area contributed by atoms with E-state index in [-0.39, 0.29) is 6.04 Å². The van der Waals surface area contributed by atoms with Crippen LogP contribution in [0.1, 0.15) is 24.1 Å². The molecular formula is C23H23N3O. The van der Waals surface area contributed by atoms with Crippen LogP contribution in [-0.2, 0) is 6.54 Å². The zero-order valence-corrected chi connectivity index (χ0v) is 15.6. The van der Waals surface area contributed by atoms with Gasteiger partial charge in [-0.3, -0.25) is 0 Å². The van der Waals surface area contributed by atoms with Gasteiger partial charge in [-0.25, -0.2) is 4.98 Å². The Kier molecular flexibility index (Phi) is 4.90. The fourth-order valence-electron chi connectivity index (χ4n) is 3.25. The van der Waals surface area contributed by atoms with Crippen molar-refractivity contribution in [2.45, 2.75) is 19.5 Å². The van der Waals surface area contributed by atoms with Crippen LogP contribution in [-0.4, -0.2) is 16.7 Å². The number of benzene rings is 3. The number of hydrogen-bond donors (Lipinski definition) is 1. The highest BCUT2D eigenvalue weighted by Gasteiger charge is 2.06. The lowest BCUT2D eigenvalue weighted by atomic mass is 10.1. The third-order valence-electron chi connectivity index (χ3n) is 4.92. The number of rotatable bonds is 6. The van der Waals surface area contributed by atoms with Crippen LogP contribution >= 0.6 is 0 Å². The molecule has 1 heterocycles. The summed E-state index contributed by atoms with van der Waals surface area (Å²) in [5.74, 6) is 0.890. The molecule has 4 heteroatoms. The zero-order chi connectivity index (χ0) is 18.6. The minimum Gasteiger partial charge on any atom is -0.497 e. The molecule has 0 aliphatic carbocycles. The molecule has 0 fully saturated rings. The van der Waals surface area contributed by atoms with Crippen molar-refractivity contribution in [3.63, 3.8) is 0 Å². The molecular weight excluding hydrogens is 334 g/mol. The molecule has 136 valence electrons. The van der Waals surface area contributed by atoms with Gasteiger partial charge in [0.15, 0.2) is 0 Å². The minimum atomic E-state index is 0.272. The first-order chi connectivity index (χ1) is 13.2. The maximum Gasteiger partial charge on any atom is 0.119 e. The lowest BCUT2D eigenvalue weighted by molar-refractivity contribution is 0.415. The summed E-state index contributed by atoms with van der Waals surface area (Å²) in [4.78, 5) is 4.09. The maximum atomic E-state index is 5.30. The number of aromatic nitrogens is 2. The lowest BCUT2D eigenvalue weighted by Gasteiger charge is -2.15. The second-order valence-electron chi connectivity index (χ2n) is 6.71. The molecule has 0 radical (unpaired) electrons. The van der Waals surface area contributed by atoms with Crippen LogP contribution < -0.4 is 10.1 Å². The van der Waals surface area contributed by atoms with Gasteiger partial charge >= 0.3 is 0 Å². The van der Waals surface area contributed by atoms with Crippen molar-refractivity contribution in [2.75, 3.05) is 7.11 Å². The van der Waals surface area contributed by atoms with Crippen LogP contribution in [0.25, 0.3) is 16.5 Å². The predicted octanol–water partition coefficient (Wildman–Crippen LogP) is 4.88. The maximum absolute atomic E-state index is 5.30. The van der Waals surface area contributed by atoms with Crippen molar-refractivity contribution < 1.29 is 4.74 Å². The summed E-state index contributed by atoms with van der Waals surface area (Å²) in [5, 5.41) is 6.04. The Labute approximate surface area is 159 Å². The Balaban J connectivity index is 1.42. The summed E-state index contributed by atoms with van der Waals surface area (Å²) >= 11 is 0. The summed E-state index contributed by atoms with van der Waals surface area (Å²) in [7, 11) is 1.70. The molecule has 1 aromatic heterocycles. The monoisotopic (exact) mass is 357 g/mol. The number of hydrogen-bond acceptors (Lipinski definition) is 3. The minimum absolute atomic E-state index is 0.272. The highest BCUT2D eigenvalue weighted by atomic mass is 16.5. The summed E-state index contributed by atoms with van der Waals surface area (Å²) in [6.45, 7) is 3.02. The van der Waals surface area contributed by atoms with E-state index in [4.69, 9.17) is 4.74 Å². The van der Waals surface area contributed by atoms with E-state index in [2.05, 4.69) is 71.8 Å². The topological polar surface area (TPSA) is 39.1 Å². The fraction of sp³-hybridized carbons (Fsp3) is 0.174. The molecule has 0 amide bonds. The number of nitrogens with one attached hydrogen (secondary N) is 1. The van der Waals surface area contributed by atoms with Gasteiger partial charge in [0.25, 0.3) is 0 Å². The van der Waals surface area contributed by atoms with E-state index in [0.717, 1.165) is 18.0 Å². The van der Waals surface area contributed by atoms with E-state index in [1.54, 1.807) is 13.3 Å². The van der Waals surface area contributed by atoms with Crippen molar-refractivity contribution in [1.82, 2.24) is 14.9 Å². The molecule has 0 unspecified atom stereocenters. The van der Waals surface area contributed by atoms with Gasteiger partial charge in [0.1, 0.15) is 5.75 Å². The van der Waals surface area contributed by atoms with Crippen LogP contribution in [0.3, 0.4) is 0 Å². The van der Waals surface area contributed by atoms with E-state index in [0.29, 0.717) is 0 Å². The van der Waals surface area contributed by atoms with E-state index in [1.807, 2.05) is 23.2 Å². The Morgan fingerprint density at radius 1 is 1.00 bits per heavy atom. The molecule has 4 aromatic rings. The highest BCUT2D eigenvalue weighted by Crippen LogP contribution is 2.22. The van der Waals surface area contributed by atoms with E-state index in [1.165, 1.54) is 21.9 Å². The van der Waals surface area contributed by atoms with Gasteiger partial charge in [-0.1, -0.05) is 30.3 Å². The molecule has 1 N–H and O–H groups in total. The normalized spacial score (nSPS) is 12.2. The first-order valence-corrected chi connectivity index (χ1v) is 9.11. The first-order valence-electron chi connectivity index (χ1n) is 9.11. The summed E-state index contributed by atoms with van der Waals surface area (Å²) in [5.41, 5.74) is 3.66. The van der Waals surface area contributed by atoms with Gasteiger partial charge < -0.3 is 14.6 Å². The average molecular weight is 357 g/mol. The Hall–Kier alpha value is -3.11. The van der Waals surface area contributed by atoms with Crippen LogP contribution in [0.15, 0.2) is 79.4 Å². The van der Waals surface area contributed by atoms with Crippen LogP contribution in [0, 0.1) is 0 Å². The Bertz CT molecular complexity index is 1020. The number of fused-ring (bicyclic) bond motifs is 1. The lowest BCUT2D eigenvalue weighted by Crippen LogP contribution is -2.18. The van der Waals surface area contributed by atoms with Gasteiger partial charge in [0.2, 0.25) is 0 Å². The van der Waals surface area contributed by atoms with Gasteiger partial charge in [-0.15, -0.1) is 0 Å². The summed E-state index contributed by atoms with van der Waals surface area (Å²) < 4.78 is 7.30. The second-order valence-corrected chi connectivity index (χ2v) is 6.71. The average Bonchev–Trinajstić information content (AvgIpc) is 3.26. The van der Waals surface area contributed by atoms with E-state index in [9.17, 15) is 0 Å². The van der Waals surface area contributed by atoms with Crippen LogP contribution in [0.2, 0.25) is 0 Å². The molecule has 3 aromatic carbocycles. The van der Waals surface area contributed by atoms with Crippen LogP contribution in [0.4, 0.5) is 0 Å². The van der Waals surface area contributed by atoms with Gasteiger partial charge in [-0.05, 0) is 59.2 Å². The number of ether oxygens (including phenoxy) is 1. The molecule has 0 saturated carbocycles. The fourth-order valence-corrected chi connectivity index (χ4v) is 3.25. The molecule has 0 spiro atoms. The molecule has 1 atom stereocenters. The molecule has 0 saturated heterocycles. The number of nitrogens with zero attached hydrogens (tertiary/aromatic N) is 2. The molecule has 0 bridgehead atoms. The Morgan fingerprint density at radius 3 is 2.52 bits per heavy atom. The summed E-state index contributed by atoms with van der Waals surface area (Å²) in [6, 6.07) is 21.6. The quantitative estimate of drug-likeness (QED) is 0.534. The van der Waals surface area contributed by atoms with Crippen molar-refractivity contribution in [1.29, 1.82) is 0 Å². The SMILES string of the molecule is COc1ccc2cc(CN[C@@H](C)c3ccc(-n4ccnc4)cc3)ccc2c1. The first kappa shape index (κ1) is 17.3. The van der Waals surface area contributed by atoms with E-state index < -0.39 is 0 Å². The highest BCUT2D eigenvalue weighted by molar-refractivity contribution is 5.84. The number of imidazole rings is 1. The number of methoxy groups -OCH3 is 1. The van der Waals surface area contributed by atoms with Crippen molar-refractivity contribution in [3.8, 4) is 11.4 Å². The van der Waals surface area contributed by atoms with Crippen LogP contribution in [0.5, 0.6) is 5.75 Å². The van der Waals surface area contributed by atoms with Crippen molar-refractivity contribution >= 4 is 10.8 Å². The molecule has 4 nitrogen and oxygen atoms in total. The van der Waals surface area contributed by atoms with E-state index >= 15 is 0 Å². The van der Waals surface area contributed by atoms with Gasteiger partial charge in [0.05, 0.1) is 13.4 Å². The predicted molar refractivity (Wildman–Crippen MR) is 109 cm³/mol. The largest absolute Gasteiger partial charge is 0.497 e. The van der Waals surface area contributed by atoms with Gasteiger partial charge in [-0.2, -0.15) is 0 Å².